The Morgan fingerprint density at radius 3 is 2.54 bits per heavy atom. The first-order valence-electron chi connectivity index (χ1n) is 7.64. The van der Waals surface area contributed by atoms with Gasteiger partial charge in [-0.1, -0.05) is 17.7 Å². The van der Waals surface area contributed by atoms with Gasteiger partial charge in [0.1, 0.15) is 17.2 Å². The molecule has 0 amide bonds. The Balaban J connectivity index is 2.49. The van der Waals surface area contributed by atoms with E-state index in [0.29, 0.717) is 28.4 Å². The fraction of sp³-hybridized carbons (Fsp3) is 0.211. The molecule has 0 aliphatic rings. The van der Waals surface area contributed by atoms with Gasteiger partial charge in [0.15, 0.2) is 0 Å². The van der Waals surface area contributed by atoms with Crippen LogP contribution in [0.15, 0.2) is 40.7 Å². The zero-order valence-corrected chi connectivity index (χ0v) is 13.8. The van der Waals surface area contributed by atoms with E-state index in [1.807, 2.05) is 19.9 Å². The van der Waals surface area contributed by atoms with Gasteiger partial charge in [0.05, 0.1) is 21.8 Å². The van der Waals surface area contributed by atoms with E-state index in [1.165, 1.54) is 12.1 Å². The molecule has 0 aliphatic carbocycles. The van der Waals surface area contributed by atoms with Crippen LogP contribution in [0, 0.1) is 0 Å². The average Bonchev–Trinajstić information content (AvgIpc) is 2.51. The molecule has 0 saturated heterocycles. The number of aryl methyl sites for hydroxylation is 1. The number of benzene rings is 2. The number of hydrogen-bond donors (Lipinski definition) is 3. The molecule has 0 atom stereocenters. The molecule has 0 spiro atoms. The second kappa shape index (κ2) is 5.60. The first kappa shape index (κ1) is 15.9. The maximum atomic E-state index is 12.8. The molecule has 24 heavy (non-hydrogen) atoms. The van der Waals surface area contributed by atoms with Gasteiger partial charge in [-0.05, 0) is 32.4 Å². The Morgan fingerprint density at radius 1 is 1.17 bits per heavy atom. The lowest BCUT2D eigenvalue weighted by atomic mass is 10.0. The van der Waals surface area contributed by atoms with Gasteiger partial charge in [-0.2, -0.15) is 0 Å². The van der Waals surface area contributed by atoms with Crippen LogP contribution in [-0.2, 0) is 13.5 Å². The number of rotatable bonds is 2. The standard InChI is InChI=1S/C19H19NO4/c1-10(2)7-8-11-15(22)9-13-16(18(11)23)19(24)12-5-4-6-14(21)17(12)20(13)3/h4-7,9,21-23H,8H2,1-3H3. The minimum Gasteiger partial charge on any atom is -0.507 e. The third kappa shape index (κ3) is 2.29. The van der Waals surface area contributed by atoms with Crippen molar-refractivity contribution in [3.8, 4) is 17.2 Å². The van der Waals surface area contributed by atoms with Crippen molar-refractivity contribution in [3.05, 3.63) is 51.7 Å². The average molecular weight is 325 g/mol. The molecule has 0 radical (unpaired) electrons. The number of allylic oxidation sites excluding steroid dienone is 2. The Bertz CT molecular complexity index is 1060. The SMILES string of the molecule is CC(C)=CCc1c(O)cc2c(c1O)c(=O)c1cccc(O)c1n2C. The highest BCUT2D eigenvalue weighted by molar-refractivity contribution is 5.99. The van der Waals surface area contributed by atoms with E-state index >= 15 is 0 Å². The molecule has 0 bridgehead atoms. The number of para-hydroxylation sites is 1. The zero-order chi connectivity index (χ0) is 17.6. The maximum Gasteiger partial charge on any atom is 0.201 e. The summed E-state index contributed by atoms with van der Waals surface area (Å²) < 4.78 is 1.60. The quantitative estimate of drug-likeness (QED) is 0.498. The molecule has 0 fully saturated rings. The number of hydrogen-bond acceptors (Lipinski definition) is 4. The summed E-state index contributed by atoms with van der Waals surface area (Å²) in [6, 6.07) is 6.15. The number of phenolic OH excluding ortho intramolecular Hbond substituents is 3. The van der Waals surface area contributed by atoms with Gasteiger partial charge in [-0.25, -0.2) is 0 Å². The van der Waals surface area contributed by atoms with Crippen LogP contribution in [-0.4, -0.2) is 19.9 Å². The Kier molecular flexibility index (Phi) is 3.72. The van der Waals surface area contributed by atoms with Crippen molar-refractivity contribution in [1.29, 1.82) is 0 Å². The number of phenols is 3. The van der Waals surface area contributed by atoms with Gasteiger partial charge in [-0.3, -0.25) is 4.79 Å². The molecular formula is C19H19NO4. The molecule has 3 aromatic rings. The van der Waals surface area contributed by atoms with Gasteiger partial charge in [0.25, 0.3) is 0 Å². The van der Waals surface area contributed by atoms with E-state index in [0.717, 1.165) is 5.57 Å². The first-order chi connectivity index (χ1) is 11.3. The fourth-order valence-corrected chi connectivity index (χ4v) is 3.00. The minimum atomic E-state index is -0.370. The van der Waals surface area contributed by atoms with Crippen LogP contribution in [0.1, 0.15) is 19.4 Å². The van der Waals surface area contributed by atoms with Crippen molar-refractivity contribution in [3.63, 3.8) is 0 Å². The second-order valence-electron chi connectivity index (χ2n) is 6.16. The predicted molar refractivity (Wildman–Crippen MR) is 94.8 cm³/mol. The van der Waals surface area contributed by atoms with E-state index in [9.17, 15) is 20.1 Å². The van der Waals surface area contributed by atoms with Crippen LogP contribution >= 0.6 is 0 Å². The highest BCUT2D eigenvalue weighted by atomic mass is 16.3. The molecule has 124 valence electrons. The van der Waals surface area contributed by atoms with Crippen molar-refractivity contribution >= 4 is 21.8 Å². The zero-order valence-electron chi connectivity index (χ0n) is 13.8. The summed E-state index contributed by atoms with van der Waals surface area (Å²) in [7, 11) is 1.68. The van der Waals surface area contributed by atoms with Crippen LogP contribution in [0.25, 0.3) is 21.8 Å². The molecule has 1 aromatic heterocycles. The fourth-order valence-electron chi connectivity index (χ4n) is 3.00. The summed E-state index contributed by atoms with van der Waals surface area (Å²) in [5.41, 5.74) is 1.73. The lowest BCUT2D eigenvalue weighted by molar-refractivity contribution is 0.445. The van der Waals surface area contributed by atoms with Crippen LogP contribution < -0.4 is 5.43 Å². The third-order valence-corrected chi connectivity index (χ3v) is 4.26. The number of aromatic nitrogens is 1. The number of aromatic hydroxyl groups is 3. The van der Waals surface area contributed by atoms with Gasteiger partial charge in [0.2, 0.25) is 5.43 Å². The van der Waals surface area contributed by atoms with E-state index < -0.39 is 0 Å². The molecule has 3 N–H and O–H groups in total. The van der Waals surface area contributed by atoms with Gasteiger partial charge in [-0.15, -0.1) is 0 Å². The highest BCUT2D eigenvalue weighted by Crippen LogP contribution is 2.36. The van der Waals surface area contributed by atoms with Gasteiger partial charge >= 0.3 is 0 Å². The highest BCUT2D eigenvalue weighted by Gasteiger charge is 2.19. The van der Waals surface area contributed by atoms with E-state index in [1.54, 1.807) is 23.7 Å². The Morgan fingerprint density at radius 2 is 1.88 bits per heavy atom. The largest absolute Gasteiger partial charge is 0.507 e. The van der Waals surface area contributed by atoms with E-state index in [-0.39, 0.29) is 28.1 Å². The minimum absolute atomic E-state index is 0.0263. The van der Waals surface area contributed by atoms with Crippen molar-refractivity contribution < 1.29 is 15.3 Å². The summed E-state index contributed by atoms with van der Waals surface area (Å²) in [6.07, 6.45) is 2.20. The summed E-state index contributed by atoms with van der Waals surface area (Å²) in [6.45, 7) is 3.84. The van der Waals surface area contributed by atoms with Crippen LogP contribution in [0.2, 0.25) is 0 Å². The summed E-state index contributed by atoms with van der Waals surface area (Å²) >= 11 is 0. The molecule has 5 heteroatoms. The summed E-state index contributed by atoms with van der Waals surface area (Å²) in [4.78, 5) is 12.8. The van der Waals surface area contributed by atoms with E-state index in [4.69, 9.17) is 0 Å². The molecule has 5 nitrogen and oxygen atoms in total. The van der Waals surface area contributed by atoms with Crippen molar-refractivity contribution in [2.45, 2.75) is 20.3 Å². The Labute approximate surface area is 138 Å². The third-order valence-electron chi connectivity index (χ3n) is 4.26. The molecule has 0 saturated carbocycles. The van der Waals surface area contributed by atoms with Crippen LogP contribution in [0.5, 0.6) is 17.2 Å². The van der Waals surface area contributed by atoms with Crippen molar-refractivity contribution in [2.75, 3.05) is 0 Å². The Hall–Kier alpha value is -2.95. The molecule has 3 rings (SSSR count). The van der Waals surface area contributed by atoms with Crippen molar-refractivity contribution in [1.82, 2.24) is 4.57 Å². The number of nitrogens with zero attached hydrogens (tertiary/aromatic N) is 1. The summed E-state index contributed by atoms with van der Waals surface area (Å²) in [5.74, 6) is -0.322. The smallest absolute Gasteiger partial charge is 0.201 e. The lowest BCUT2D eigenvalue weighted by Gasteiger charge is -2.15. The predicted octanol–water partition coefficient (Wildman–Crippen LogP) is 3.32. The molecule has 2 aromatic carbocycles. The van der Waals surface area contributed by atoms with Crippen LogP contribution in [0.3, 0.4) is 0 Å². The normalized spacial score (nSPS) is 11.1. The molecular weight excluding hydrogens is 306 g/mol. The number of fused-ring (bicyclic) bond motifs is 2. The maximum absolute atomic E-state index is 12.8. The first-order valence-corrected chi connectivity index (χ1v) is 7.64. The van der Waals surface area contributed by atoms with Crippen molar-refractivity contribution in [2.24, 2.45) is 7.05 Å². The van der Waals surface area contributed by atoms with Crippen LogP contribution in [0.4, 0.5) is 0 Å². The monoisotopic (exact) mass is 325 g/mol. The summed E-state index contributed by atoms with van der Waals surface area (Å²) in [5, 5.41) is 31.4. The number of pyridine rings is 1. The lowest BCUT2D eigenvalue weighted by Crippen LogP contribution is -2.10. The molecule has 0 aliphatic heterocycles. The second-order valence-corrected chi connectivity index (χ2v) is 6.16. The topological polar surface area (TPSA) is 82.7 Å². The van der Waals surface area contributed by atoms with Gasteiger partial charge in [0, 0.05) is 18.7 Å². The molecule has 1 heterocycles. The molecule has 0 unspecified atom stereocenters. The van der Waals surface area contributed by atoms with Gasteiger partial charge < -0.3 is 19.9 Å². The van der Waals surface area contributed by atoms with E-state index in [2.05, 4.69) is 0 Å².